The molecule has 2 aliphatic rings. The van der Waals surface area contributed by atoms with Crippen molar-refractivity contribution in [2.45, 2.75) is 32.2 Å². The van der Waals surface area contributed by atoms with Crippen LogP contribution >= 0.6 is 0 Å². The zero-order valence-electron chi connectivity index (χ0n) is 27.4. The van der Waals surface area contributed by atoms with E-state index in [1.807, 2.05) is 29.2 Å². The van der Waals surface area contributed by atoms with Crippen molar-refractivity contribution in [2.75, 3.05) is 60.2 Å². The lowest BCUT2D eigenvalue weighted by Crippen LogP contribution is -2.35. The first kappa shape index (κ1) is 32.8. The fourth-order valence-corrected chi connectivity index (χ4v) is 6.10. The number of pyridine rings is 1. The van der Waals surface area contributed by atoms with Crippen molar-refractivity contribution in [3.63, 3.8) is 0 Å². The fraction of sp³-hybridized carbons (Fsp3) is 0.389. The molecule has 0 aliphatic carbocycles. The number of hydrogen-bond donors (Lipinski definition) is 2. The van der Waals surface area contributed by atoms with Crippen LogP contribution in [0.2, 0.25) is 0 Å². The molecule has 0 radical (unpaired) electrons. The van der Waals surface area contributed by atoms with Gasteiger partial charge in [0.1, 0.15) is 18.1 Å². The maximum atomic E-state index is 13.6. The van der Waals surface area contributed by atoms with Crippen LogP contribution in [0.4, 0.5) is 0 Å². The maximum absolute atomic E-state index is 13.6. The van der Waals surface area contributed by atoms with Crippen molar-refractivity contribution in [3.8, 4) is 28.4 Å². The summed E-state index contributed by atoms with van der Waals surface area (Å²) in [6.45, 7) is 3.21. The molecular weight excluding hydrogens is 614 g/mol. The summed E-state index contributed by atoms with van der Waals surface area (Å²) in [5.41, 5.74) is 4.77. The van der Waals surface area contributed by atoms with Gasteiger partial charge in [-0.25, -0.2) is 0 Å². The molecule has 4 bridgehead atoms. The Hall–Kier alpha value is -5.10. The van der Waals surface area contributed by atoms with Gasteiger partial charge < -0.3 is 39.0 Å². The summed E-state index contributed by atoms with van der Waals surface area (Å²) in [6, 6.07) is 14.7. The molecule has 252 valence electrons. The Balaban J connectivity index is 1.30. The number of aromatic nitrogens is 2. The van der Waals surface area contributed by atoms with Gasteiger partial charge in [-0.1, -0.05) is 0 Å². The normalized spacial score (nSPS) is 15.8. The molecule has 0 saturated carbocycles. The van der Waals surface area contributed by atoms with E-state index >= 15 is 0 Å². The van der Waals surface area contributed by atoms with Crippen LogP contribution in [-0.4, -0.2) is 97.7 Å². The highest BCUT2D eigenvalue weighted by Crippen LogP contribution is 2.41. The molecule has 0 unspecified atom stereocenters. The smallest absolute Gasteiger partial charge is 0.270 e. The number of ether oxygens (including phenoxy) is 4. The van der Waals surface area contributed by atoms with Crippen LogP contribution in [0.15, 0.2) is 54.7 Å². The number of carbonyl (C=O) groups excluding carboxylic acids is 3. The molecule has 4 aromatic rings. The lowest BCUT2D eigenvalue weighted by Gasteiger charge is -2.22. The van der Waals surface area contributed by atoms with Gasteiger partial charge in [0.05, 0.1) is 44.3 Å². The van der Waals surface area contributed by atoms with Gasteiger partial charge in [-0.15, -0.1) is 0 Å². The predicted octanol–water partition coefficient (Wildman–Crippen LogP) is 4.43. The SMILES string of the molecule is COCCC(=O)N1CCOc2c(cc3cc2OCCCCN(C(=O)c2cc4ncccc4[nH]2)CCCNC(=O)c2ccc(OC)c-3c2)C1. The summed E-state index contributed by atoms with van der Waals surface area (Å²) in [4.78, 5) is 51.1. The van der Waals surface area contributed by atoms with E-state index in [1.165, 1.54) is 0 Å². The average molecular weight is 656 g/mol. The van der Waals surface area contributed by atoms with Gasteiger partial charge in [0.25, 0.3) is 11.8 Å². The molecule has 12 heteroatoms. The Morgan fingerprint density at radius 1 is 0.938 bits per heavy atom. The molecule has 0 atom stereocenters. The Morgan fingerprint density at radius 3 is 2.65 bits per heavy atom. The summed E-state index contributed by atoms with van der Waals surface area (Å²) >= 11 is 0. The first-order valence-corrected chi connectivity index (χ1v) is 16.3. The van der Waals surface area contributed by atoms with E-state index in [0.29, 0.717) is 106 Å². The van der Waals surface area contributed by atoms with Gasteiger partial charge in [0.2, 0.25) is 5.91 Å². The molecule has 12 nitrogen and oxygen atoms in total. The molecule has 2 N–H and O–H groups in total. The maximum Gasteiger partial charge on any atom is 0.270 e. The minimum Gasteiger partial charge on any atom is -0.496 e. The van der Waals surface area contributed by atoms with Gasteiger partial charge >= 0.3 is 0 Å². The molecule has 0 spiro atoms. The molecule has 2 aromatic carbocycles. The third-order valence-electron chi connectivity index (χ3n) is 8.62. The second-order valence-electron chi connectivity index (χ2n) is 11.9. The van der Waals surface area contributed by atoms with Crippen molar-refractivity contribution < 1.29 is 33.3 Å². The van der Waals surface area contributed by atoms with Crippen molar-refractivity contribution >= 4 is 28.8 Å². The van der Waals surface area contributed by atoms with Crippen LogP contribution in [0.25, 0.3) is 22.2 Å². The van der Waals surface area contributed by atoms with Crippen LogP contribution in [0.5, 0.6) is 17.2 Å². The monoisotopic (exact) mass is 655 g/mol. The Bertz CT molecular complexity index is 1750. The summed E-state index contributed by atoms with van der Waals surface area (Å²) in [7, 11) is 3.17. The van der Waals surface area contributed by atoms with Crippen molar-refractivity contribution in [1.82, 2.24) is 25.1 Å². The summed E-state index contributed by atoms with van der Waals surface area (Å²) in [6.07, 6.45) is 3.95. The van der Waals surface area contributed by atoms with Gasteiger partial charge in [0.15, 0.2) is 11.5 Å². The second kappa shape index (κ2) is 15.2. The lowest BCUT2D eigenvalue weighted by molar-refractivity contribution is -0.132. The first-order valence-electron chi connectivity index (χ1n) is 16.3. The number of carbonyl (C=O) groups is 3. The Morgan fingerprint density at radius 2 is 1.81 bits per heavy atom. The molecule has 0 fully saturated rings. The Kier molecular flexibility index (Phi) is 10.4. The highest BCUT2D eigenvalue weighted by atomic mass is 16.5. The van der Waals surface area contributed by atoms with E-state index < -0.39 is 0 Å². The third-order valence-corrected chi connectivity index (χ3v) is 8.62. The van der Waals surface area contributed by atoms with E-state index in [9.17, 15) is 14.4 Å². The molecule has 3 amide bonds. The number of rotatable bonds is 5. The van der Waals surface area contributed by atoms with Crippen LogP contribution < -0.4 is 19.5 Å². The molecule has 2 aromatic heterocycles. The average Bonchev–Trinajstić information content (AvgIpc) is 3.42. The number of nitrogens with zero attached hydrogens (tertiary/aromatic N) is 3. The Labute approximate surface area is 279 Å². The minimum absolute atomic E-state index is 0.0225. The zero-order chi connectivity index (χ0) is 33.5. The van der Waals surface area contributed by atoms with Crippen LogP contribution in [-0.2, 0) is 16.1 Å². The van der Waals surface area contributed by atoms with E-state index in [-0.39, 0.29) is 24.1 Å². The minimum atomic E-state index is -0.229. The van der Waals surface area contributed by atoms with Crippen molar-refractivity contribution in [1.29, 1.82) is 0 Å². The van der Waals surface area contributed by atoms with Gasteiger partial charge in [-0.05, 0) is 73.4 Å². The van der Waals surface area contributed by atoms with E-state index in [4.69, 9.17) is 18.9 Å². The fourth-order valence-electron chi connectivity index (χ4n) is 6.10. The number of hydrogen-bond acceptors (Lipinski definition) is 8. The lowest BCUT2D eigenvalue weighted by atomic mass is 9.98. The molecule has 6 rings (SSSR count). The number of benzene rings is 2. The van der Waals surface area contributed by atoms with E-state index in [2.05, 4.69) is 15.3 Å². The molecule has 2 aliphatic heterocycles. The van der Waals surface area contributed by atoms with Crippen LogP contribution in [0.1, 0.15) is 52.1 Å². The topological polar surface area (TPSA) is 135 Å². The predicted molar refractivity (Wildman–Crippen MR) is 180 cm³/mol. The highest BCUT2D eigenvalue weighted by molar-refractivity contribution is 5.97. The van der Waals surface area contributed by atoms with Crippen LogP contribution in [0, 0.1) is 0 Å². The standard InChI is InChI=1S/C36H41N5O7/c1-45-17-10-33(42)41-15-18-48-34-26(23-41)19-25-21-32(34)47-16-4-3-13-40(36(44)30-22-29-28(39-30)7-5-11-37-29)14-6-12-38-35(43)24-8-9-31(46-2)27(25)20-24/h5,7-9,11,19-22,39H,3-4,6,10,12-18,23H2,1-2H3,(H,38,43). The largest absolute Gasteiger partial charge is 0.496 e. The molecular formula is C36H41N5O7. The third kappa shape index (κ3) is 7.38. The van der Waals surface area contributed by atoms with Crippen molar-refractivity contribution in [3.05, 3.63) is 71.5 Å². The summed E-state index contributed by atoms with van der Waals surface area (Å²) in [5, 5.41) is 3.01. The number of aromatic amines is 1. The number of methoxy groups -OCH3 is 2. The van der Waals surface area contributed by atoms with E-state index in [1.54, 1.807) is 49.6 Å². The highest BCUT2D eigenvalue weighted by Gasteiger charge is 2.25. The number of nitrogens with one attached hydrogen (secondary N) is 2. The molecule has 0 saturated heterocycles. The van der Waals surface area contributed by atoms with Gasteiger partial charge in [-0.2, -0.15) is 0 Å². The number of amides is 3. The summed E-state index contributed by atoms with van der Waals surface area (Å²) < 4.78 is 23.4. The quantitative estimate of drug-likeness (QED) is 0.323. The van der Waals surface area contributed by atoms with Gasteiger partial charge in [-0.3, -0.25) is 19.4 Å². The number of fused-ring (bicyclic) bond motifs is 8. The first-order chi connectivity index (χ1) is 23.4. The molecule has 48 heavy (non-hydrogen) atoms. The van der Waals surface area contributed by atoms with Crippen LogP contribution in [0.3, 0.4) is 0 Å². The number of H-pyrrole nitrogens is 1. The zero-order valence-corrected chi connectivity index (χ0v) is 27.4. The second-order valence-corrected chi connectivity index (χ2v) is 11.9. The molecule has 4 heterocycles. The summed E-state index contributed by atoms with van der Waals surface area (Å²) in [5.74, 6) is 1.37. The van der Waals surface area contributed by atoms with Gasteiger partial charge in [0, 0.05) is 56.2 Å². The van der Waals surface area contributed by atoms with E-state index in [0.717, 1.165) is 22.2 Å². The van der Waals surface area contributed by atoms with Crippen molar-refractivity contribution in [2.24, 2.45) is 0 Å².